The molecular formula is C21H24N2. The molecule has 0 saturated carbocycles. The van der Waals surface area contributed by atoms with Gasteiger partial charge in [0, 0.05) is 24.3 Å². The quantitative estimate of drug-likeness (QED) is 0.745. The molecule has 0 bridgehead atoms. The van der Waals surface area contributed by atoms with Crippen molar-refractivity contribution in [2.75, 3.05) is 13.1 Å². The molecule has 118 valence electrons. The zero-order valence-corrected chi connectivity index (χ0v) is 13.5. The predicted octanol–water partition coefficient (Wildman–Crippen LogP) is 4.62. The van der Waals surface area contributed by atoms with Gasteiger partial charge in [-0.25, -0.2) is 0 Å². The summed E-state index contributed by atoms with van der Waals surface area (Å²) in [6.07, 6.45) is 3.83. The fourth-order valence-corrected chi connectivity index (χ4v) is 3.86. The van der Waals surface area contributed by atoms with Crippen LogP contribution in [-0.4, -0.2) is 23.0 Å². The Labute approximate surface area is 138 Å². The fraction of sp³-hybridized carbons (Fsp3) is 0.333. The number of aromatic nitrogens is 1. The monoisotopic (exact) mass is 304 g/mol. The maximum Gasteiger partial charge on any atom is 0.0456 e. The number of likely N-dealkylation sites (tertiary alicyclic amines) is 1. The lowest BCUT2D eigenvalue weighted by atomic mass is 9.93. The lowest BCUT2D eigenvalue weighted by molar-refractivity contribution is 0.166. The third-order valence-corrected chi connectivity index (χ3v) is 4.95. The van der Waals surface area contributed by atoms with E-state index in [0.717, 1.165) is 12.5 Å². The molecule has 0 spiro atoms. The van der Waals surface area contributed by atoms with Crippen molar-refractivity contribution in [3.63, 3.8) is 0 Å². The van der Waals surface area contributed by atoms with Crippen LogP contribution in [0, 0.1) is 5.92 Å². The van der Waals surface area contributed by atoms with Gasteiger partial charge in [-0.1, -0.05) is 48.5 Å². The Morgan fingerprint density at radius 1 is 1.00 bits per heavy atom. The Hall–Kier alpha value is -2.06. The second kappa shape index (κ2) is 6.59. The molecule has 4 rings (SSSR count). The van der Waals surface area contributed by atoms with Gasteiger partial charge in [0.1, 0.15) is 0 Å². The lowest BCUT2D eigenvalue weighted by Gasteiger charge is -2.32. The topological polar surface area (TPSA) is 19.0 Å². The van der Waals surface area contributed by atoms with Crippen molar-refractivity contribution in [1.29, 1.82) is 0 Å². The molecule has 1 fully saturated rings. The van der Waals surface area contributed by atoms with Crippen molar-refractivity contribution in [1.82, 2.24) is 9.88 Å². The molecule has 2 heterocycles. The Morgan fingerprint density at radius 3 is 2.70 bits per heavy atom. The number of piperidine rings is 1. The van der Waals surface area contributed by atoms with Gasteiger partial charge in [-0.3, -0.25) is 4.90 Å². The number of H-pyrrole nitrogens is 1. The number of hydrogen-bond donors (Lipinski definition) is 1. The summed E-state index contributed by atoms with van der Waals surface area (Å²) in [7, 11) is 0. The summed E-state index contributed by atoms with van der Waals surface area (Å²) in [6.45, 7) is 3.53. The molecule has 2 heteroatoms. The van der Waals surface area contributed by atoms with Crippen LogP contribution in [0.3, 0.4) is 0 Å². The van der Waals surface area contributed by atoms with Crippen molar-refractivity contribution in [3.8, 4) is 0 Å². The van der Waals surface area contributed by atoms with Crippen LogP contribution in [0.1, 0.15) is 24.1 Å². The molecule has 0 radical (unpaired) electrons. The van der Waals surface area contributed by atoms with E-state index in [9.17, 15) is 0 Å². The number of benzene rings is 2. The first-order valence-corrected chi connectivity index (χ1v) is 8.70. The molecule has 1 atom stereocenters. The number of fused-ring (bicyclic) bond motifs is 1. The molecule has 2 aromatic carbocycles. The molecule has 0 amide bonds. The van der Waals surface area contributed by atoms with E-state index in [0.29, 0.717) is 0 Å². The molecule has 3 aromatic rings. The summed E-state index contributed by atoms with van der Waals surface area (Å²) in [6, 6.07) is 21.8. The zero-order chi connectivity index (χ0) is 15.5. The van der Waals surface area contributed by atoms with E-state index in [1.54, 1.807) is 0 Å². The van der Waals surface area contributed by atoms with E-state index < -0.39 is 0 Å². The number of aromatic amines is 1. The van der Waals surface area contributed by atoms with Gasteiger partial charge < -0.3 is 4.98 Å². The van der Waals surface area contributed by atoms with Crippen molar-refractivity contribution < 1.29 is 0 Å². The van der Waals surface area contributed by atoms with E-state index in [4.69, 9.17) is 0 Å². The Balaban J connectivity index is 1.41. The molecule has 23 heavy (non-hydrogen) atoms. The molecular weight excluding hydrogens is 280 g/mol. The van der Waals surface area contributed by atoms with Gasteiger partial charge in [0.25, 0.3) is 0 Å². The average Bonchev–Trinajstić information content (AvgIpc) is 2.98. The first kappa shape index (κ1) is 14.5. The predicted molar refractivity (Wildman–Crippen MR) is 96.4 cm³/mol. The van der Waals surface area contributed by atoms with Gasteiger partial charge in [0.2, 0.25) is 0 Å². The molecule has 1 aliphatic rings. The number of nitrogens with zero attached hydrogens (tertiary/aromatic N) is 1. The van der Waals surface area contributed by atoms with Gasteiger partial charge in [-0.2, -0.15) is 0 Å². The zero-order valence-electron chi connectivity index (χ0n) is 13.5. The maximum atomic E-state index is 3.59. The Bertz CT molecular complexity index is 727. The normalized spacial score (nSPS) is 19.2. The van der Waals surface area contributed by atoms with Gasteiger partial charge in [0.15, 0.2) is 0 Å². The van der Waals surface area contributed by atoms with Crippen LogP contribution < -0.4 is 0 Å². The van der Waals surface area contributed by atoms with Gasteiger partial charge in [-0.15, -0.1) is 0 Å². The summed E-state index contributed by atoms with van der Waals surface area (Å²) in [5.41, 5.74) is 4.08. The highest BCUT2D eigenvalue weighted by Crippen LogP contribution is 2.24. The molecule has 1 aliphatic heterocycles. The lowest BCUT2D eigenvalue weighted by Crippen LogP contribution is -2.35. The highest BCUT2D eigenvalue weighted by molar-refractivity contribution is 5.80. The highest BCUT2D eigenvalue weighted by Gasteiger charge is 2.20. The van der Waals surface area contributed by atoms with Crippen molar-refractivity contribution in [2.24, 2.45) is 5.92 Å². The van der Waals surface area contributed by atoms with Crippen LogP contribution in [-0.2, 0) is 13.0 Å². The highest BCUT2D eigenvalue weighted by atomic mass is 15.1. The minimum atomic E-state index is 0.764. The van der Waals surface area contributed by atoms with Crippen molar-refractivity contribution in [2.45, 2.75) is 25.8 Å². The van der Waals surface area contributed by atoms with E-state index in [-0.39, 0.29) is 0 Å². The summed E-state index contributed by atoms with van der Waals surface area (Å²) in [5, 5.41) is 1.33. The maximum absolute atomic E-state index is 3.59. The summed E-state index contributed by atoms with van der Waals surface area (Å²) < 4.78 is 0. The third kappa shape index (κ3) is 3.48. The molecule has 1 N–H and O–H groups in total. The fourth-order valence-electron chi connectivity index (χ4n) is 3.86. The van der Waals surface area contributed by atoms with Crippen LogP contribution in [0.25, 0.3) is 10.9 Å². The van der Waals surface area contributed by atoms with E-state index in [1.165, 1.54) is 54.5 Å². The minimum absolute atomic E-state index is 0.764. The molecule has 0 aliphatic carbocycles. The Kier molecular flexibility index (Phi) is 4.16. The SMILES string of the molecule is c1ccc(CN2CCCC(Cc3cc4ccccc4[nH]3)C2)cc1. The number of hydrogen-bond acceptors (Lipinski definition) is 1. The van der Waals surface area contributed by atoms with Crippen LogP contribution in [0.4, 0.5) is 0 Å². The molecule has 2 nitrogen and oxygen atoms in total. The first-order valence-electron chi connectivity index (χ1n) is 8.70. The standard InChI is InChI=1S/C21H24N2/c1-2-7-17(8-3-1)15-23-12-6-9-18(16-23)13-20-14-19-10-4-5-11-21(19)22-20/h1-5,7-8,10-11,14,18,22H,6,9,12-13,15-16H2. The first-order chi connectivity index (χ1) is 11.4. The second-order valence-electron chi connectivity index (χ2n) is 6.81. The molecule has 1 aromatic heterocycles. The number of para-hydroxylation sites is 1. The summed E-state index contributed by atoms with van der Waals surface area (Å²) in [5.74, 6) is 0.764. The van der Waals surface area contributed by atoms with Crippen LogP contribution in [0.15, 0.2) is 60.7 Å². The van der Waals surface area contributed by atoms with Crippen LogP contribution >= 0.6 is 0 Å². The minimum Gasteiger partial charge on any atom is -0.358 e. The molecule has 1 saturated heterocycles. The van der Waals surface area contributed by atoms with Crippen LogP contribution in [0.2, 0.25) is 0 Å². The van der Waals surface area contributed by atoms with Crippen molar-refractivity contribution >= 4 is 10.9 Å². The van der Waals surface area contributed by atoms with Gasteiger partial charge in [0.05, 0.1) is 0 Å². The third-order valence-electron chi connectivity index (χ3n) is 4.95. The number of rotatable bonds is 4. The van der Waals surface area contributed by atoms with Crippen molar-refractivity contribution in [3.05, 3.63) is 71.9 Å². The molecule has 1 unspecified atom stereocenters. The van der Waals surface area contributed by atoms with E-state index in [2.05, 4.69) is 70.5 Å². The summed E-state index contributed by atoms with van der Waals surface area (Å²) >= 11 is 0. The Morgan fingerprint density at radius 2 is 1.83 bits per heavy atom. The summed E-state index contributed by atoms with van der Waals surface area (Å²) in [4.78, 5) is 6.21. The van der Waals surface area contributed by atoms with Gasteiger partial charge >= 0.3 is 0 Å². The van der Waals surface area contributed by atoms with E-state index in [1.807, 2.05) is 0 Å². The smallest absolute Gasteiger partial charge is 0.0456 e. The average molecular weight is 304 g/mol. The number of nitrogens with one attached hydrogen (secondary N) is 1. The van der Waals surface area contributed by atoms with E-state index >= 15 is 0 Å². The van der Waals surface area contributed by atoms with Crippen LogP contribution in [0.5, 0.6) is 0 Å². The van der Waals surface area contributed by atoms with Gasteiger partial charge in [-0.05, 0) is 54.8 Å². The largest absolute Gasteiger partial charge is 0.358 e. The second-order valence-corrected chi connectivity index (χ2v) is 6.81.